The summed E-state index contributed by atoms with van der Waals surface area (Å²) >= 11 is 5.67. The van der Waals surface area contributed by atoms with Crippen molar-refractivity contribution in [2.24, 2.45) is 0 Å². The number of nitrogens with two attached hydrogens (primary N) is 2. The van der Waals surface area contributed by atoms with Crippen LogP contribution in [-0.4, -0.2) is 25.9 Å². The first kappa shape index (κ1) is 20.2. The Labute approximate surface area is 144 Å². The lowest BCUT2D eigenvalue weighted by Crippen LogP contribution is -2.02. The Kier molecular flexibility index (Phi) is 6.20. The summed E-state index contributed by atoms with van der Waals surface area (Å²) in [6.45, 7) is 1.49. The average Bonchev–Trinajstić information content (AvgIpc) is 2.41. The third kappa shape index (κ3) is 5.65. The third-order valence-electron chi connectivity index (χ3n) is 2.75. The third-order valence-corrected chi connectivity index (χ3v) is 4.97. The molecule has 0 atom stereocenters. The smallest absolute Gasteiger partial charge is 0.294 e. The number of halogens is 1. The molecule has 0 unspecified atom stereocenters. The number of anilines is 2. The number of rotatable bonds is 2. The van der Waals surface area contributed by atoms with Gasteiger partial charge in [-0.3, -0.25) is 9.11 Å². The minimum Gasteiger partial charge on any atom is -0.399 e. The molecule has 2 rings (SSSR count). The molecule has 132 valence electrons. The summed E-state index contributed by atoms with van der Waals surface area (Å²) in [7, 11) is -8.35. The monoisotopic (exact) mass is 394 g/mol. The van der Waals surface area contributed by atoms with Crippen molar-refractivity contribution >= 4 is 43.2 Å². The molecule has 0 bridgehead atoms. The molecule has 0 aliphatic rings. The predicted octanol–water partition coefficient (Wildman–Crippen LogP) is 1.99. The first-order chi connectivity index (χ1) is 10.8. The number of nitrogen functional groups attached to an aromatic ring is 2. The van der Waals surface area contributed by atoms with Crippen LogP contribution >= 0.6 is 11.6 Å². The van der Waals surface area contributed by atoms with E-state index in [9.17, 15) is 16.8 Å². The Morgan fingerprint density at radius 2 is 1.50 bits per heavy atom. The summed E-state index contributed by atoms with van der Waals surface area (Å²) in [4.78, 5) is -0.435. The first-order valence-electron chi connectivity index (χ1n) is 6.18. The maximum atomic E-state index is 10.8. The van der Waals surface area contributed by atoms with Crippen molar-refractivity contribution in [3.8, 4) is 0 Å². The molecule has 0 saturated carbocycles. The summed E-state index contributed by atoms with van der Waals surface area (Å²) < 4.78 is 59.9. The Balaban J connectivity index is 0.000000243. The normalized spacial score (nSPS) is 11.5. The molecular weight excluding hydrogens is 380 g/mol. The summed E-state index contributed by atoms with van der Waals surface area (Å²) in [5.41, 5.74) is 11.4. The van der Waals surface area contributed by atoms with Crippen molar-refractivity contribution in [3.05, 3.63) is 47.0 Å². The standard InChI is InChI=1S/C7H8ClNO3S.C6H7NO3S/c1-4-6(8)2-5(9)3-7(4)13(10,11)12;7-5-2-1-3-6(4-5)11(8,9)10/h2-3H,9H2,1H3,(H,10,11,12);1-4H,7H2,(H,8,9,10). The molecule has 0 aromatic heterocycles. The van der Waals surface area contributed by atoms with E-state index in [4.69, 9.17) is 32.2 Å². The Morgan fingerprint density at radius 1 is 0.917 bits per heavy atom. The Morgan fingerprint density at radius 3 is 1.92 bits per heavy atom. The van der Waals surface area contributed by atoms with Gasteiger partial charge in [0, 0.05) is 16.4 Å². The van der Waals surface area contributed by atoms with Gasteiger partial charge in [0.25, 0.3) is 20.2 Å². The van der Waals surface area contributed by atoms with E-state index in [2.05, 4.69) is 0 Å². The minimum absolute atomic E-state index is 0.183. The van der Waals surface area contributed by atoms with Crippen LogP contribution in [0.5, 0.6) is 0 Å². The van der Waals surface area contributed by atoms with Crippen molar-refractivity contribution in [2.45, 2.75) is 16.7 Å². The molecule has 2 aromatic carbocycles. The number of hydrogen-bond acceptors (Lipinski definition) is 6. The van der Waals surface area contributed by atoms with E-state index in [1.165, 1.54) is 37.3 Å². The van der Waals surface area contributed by atoms with Crippen LogP contribution in [0.4, 0.5) is 11.4 Å². The molecule has 2 aromatic rings. The van der Waals surface area contributed by atoms with Crippen LogP contribution in [0.1, 0.15) is 5.56 Å². The van der Waals surface area contributed by atoms with Gasteiger partial charge in [0.2, 0.25) is 0 Å². The zero-order chi connectivity index (χ0) is 18.7. The molecule has 0 saturated heterocycles. The lowest BCUT2D eigenvalue weighted by atomic mass is 10.2. The molecule has 8 nitrogen and oxygen atoms in total. The molecule has 24 heavy (non-hydrogen) atoms. The summed E-state index contributed by atoms with van der Waals surface area (Å²) in [6.07, 6.45) is 0. The van der Waals surface area contributed by atoms with Crippen LogP contribution in [-0.2, 0) is 20.2 Å². The van der Waals surface area contributed by atoms with E-state index < -0.39 is 20.2 Å². The van der Waals surface area contributed by atoms with Gasteiger partial charge in [0.1, 0.15) is 4.90 Å². The van der Waals surface area contributed by atoms with E-state index in [1.807, 2.05) is 0 Å². The molecule has 0 fully saturated rings. The van der Waals surface area contributed by atoms with Gasteiger partial charge < -0.3 is 11.5 Å². The molecule has 0 heterocycles. The van der Waals surface area contributed by atoms with Gasteiger partial charge in [0.05, 0.1) is 4.90 Å². The first-order valence-corrected chi connectivity index (χ1v) is 9.44. The zero-order valence-electron chi connectivity index (χ0n) is 12.3. The van der Waals surface area contributed by atoms with Crippen molar-refractivity contribution in [1.82, 2.24) is 0 Å². The van der Waals surface area contributed by atoms with Crippen molar-refractivity contribution < 1.29 is 25.9 Å². The second-order valence-corrected chi connectivity index (χ2v) is 7.87. The van der Waals surface area contributed by atoms with Crippen LogP contribution in [0.3, 0.4) is 0 Å². The van der Waals surface area contributed by atoms with Gasteiger partial charge in [0.15, 0.2) is 0 Å². The van der Waals surface area contributed by atoms with Crippen LogP contribution in [0.15, 0.2) is 46.2 Å². The van der Waals surface area contributed by atoms with Crippen LogP contribution in [0.25, 0.3) is 0 Å². The van der Waals surface area contributed by atoms with Gasteiger partial charge in [-0.25, -0.2) is 0 Å². The van der Waals surface area contributed by atoms with Crippen molar-refractivity contribution in [1.29, 1.82) is 0 Å². The highest BCUT2D eigenvalue weighted by Crippen LogP contribution is 2.26. The highest BCUT2D eigenvalue weighted by molar-refractivity contribution is 7.86. The van der Waals surface area contributed by atoms with Gasteiger partial charge in [-0.1, -0.05) is 17.7 Å². The average molecular weight is 395 g/mol. The van der Waals surface area contributed by atoms with Gasteiger partial charge >= 0.3 is 0 Å². The molecule has 0 spiro atoms. The Bertz CT molecular complexity index is 958. The fraction of sp³-hybridized carbons (Fsp3) is 0.0769. The largest absolute Gasteiger partial charge is 0.399 e. The topological polar surface area (TPSA) is 161 Å². The van der Waals surface area contributed by atoms with Crippen LogP contribution in [0.2, 0.25) is 5.02 Å². The van der Waals surface area contributed by atoms with Crippen LogP contribution < -0.4 is 11.5 Å². The highest BCUT2D eigenvalue weighted by atomic mass is 35.5. The summed E-state index contributed by atoms with van der Waals surface area (Å²) in [5.74, 6) is 0. The molecule has 6 N–H and O–H groups in total. The molecule has 0 aliphatic carbocycles. The molecule has 0 amide bonds. The summed E-state index contributed by atoms with van der Waals surface area (Å²) in [5, 5.41) is 0.215. The van der Waals surface area contributed by atoms with Crippen molar-refractivity contribution in [3.63, 3.8) is 0 Å². The van der Waals surface area contributed by atoms with E-state index >= 15 is 0 Å². The van der Waals surface area contributed by atoms with E-state index in [1.54, 1.807) is 0 Å². The van der Waals surface area contributed by atoms with Crippen molar-refractivity contribution in [2.75, 3.05) is 11.5 Å². The maximum absolute atomic E-state index is 10.8. The second kappa shape index (κ2) is 7.36. The molecule has 0 aliphatic heterocycles. The van der Waals surface area contributed by atoms with E-state index in [0.29, 0.717) is 11.3 Å². The fourth-order valence-corrected chi connectivity index (χ4v) is 3.22. The second-order valence-electron chi connectivity index (χ2n) is 4.65. The minimum atomic E-state index is -4.24. The van der Waals surface area contributed by atoms with E-state index in [-0.39, 0.29) is 20.5 Å². The SMILES string of the molecule is Cc1c(Cl)cc(N)cc1S(=O)(=O)O.Nc1cccc(S(=O)(=O)O)c1. The Hall–Kier alpha value is -1.85. The molecule has 11 heteroatoms. The maximum Gasteiger partial charge on any atom is 0.294 e. The lowest BCUT2D eigenvalue weighted by molar-refractivity contribution is 0.480. The zero-order valence-corrected chi connectivity index (χ0v) is 14.7. The predicted molar refractivity (Wildman–Crippen MR) is 91.1 cm³/mol. The quantitative estimate of drug-likeness (QED) is 0.444. The molecule has 0 radical (unpaired) electrons. The van der Waals surface area contributed by atoms with Gasteiger partial charge in [-0.15, -0.1) is 0 Å². The van der Waals surface area contributed by atoms with E-state index in [0.717, 1.165) is 6.07 Å². The van der Waals surface area contributed by atoms with Crippen LogP contribution in [0, 0.1) is 6.92 Å². The lowest BCUT2D eigenvalue weighted by Gasteiger charge is -2.05. The number of hydrogen-bond donors (Lipinski definition) is 4. The summed E-state index contributed by atoms with van der Waals surface area (Å²) in [6, 6.07) is 8.04. The highest BCUT2D eigenvalue weighted by Gasteiger charge is 2.15. The number of benzene rings is 2. The molecular formula is C13H15ClN2O6S2. The van der Waals surface area contributed by atoms with Gasteiger partial charge in [-0.2, -0.15) is 16.8 Å². The fourth-order valence-electron chi connectivity index (χ4n) is 1.62. The van der Waals surface area contributed by atoms with Gasteiger partial charge in [-0.05, 0) is 42.8 Å².